The largest absolute Gasteiger partial charge is 0.497 e. The van der Waals surface area contributed by atoms with Gasteiger partial charge in [-0.05, 0) is 24.6 Å². The van der Waals surface area contributed by atoms with Crippen LogP contribution in [0.3, 0.4) is 0 Å². The molecule has 0 bridgehead atoms. The standard InChI is InChI=1S/C14H19N5O2/c1-9(10-5-7-11(20-3)8-6-10)16-13-17-12(15-2)18-14(19-13)21-4/h5-9H,1-4H3,(H2,15,16,17,18,19). The molecule has 1 heterocycles. The highest BCUT2D eigenvalue weighted by Crippen LogP contribution is 2.21. The molecule has 0 radical (unpaired) electrons. The van der Waals surface area contributed by atoms with Crippen LogP contribution in [0.25, 0.3) is 0 Å². The molecule has 1 aromatic heterocycles. The number of nitrogens with one attached hydrogen (secondary N) is 2. The normalized spacial score (nSPS) is 11.6. The molecule has 0 aliphatic rings. The predicted octanol–water partition coefficient (Wildman–Crippen LogP) is 2.10. The van der Waals surface area contributed by atoms with E-state index in [2.05, 4.69) is 25.6 Å². The Labute approximate surface area is 123 Å². The second-order valence-electron chi connectivity index (χ2n) is 4.36. The highest BCUT2D eigenvalue weighted by atomic mass is 16.5. The number of methoxy groups -OCH3 is 2. The van der Waals surface area contributed by atoms with Crippen LogP contribution in [0.15, 0.2) is 24.3 Å². The third kappa shape index (κ3) is 3.71. The average molecular weight is 289 g/mol. The predicted molar refractivity (Wildman–Crippen MR) is 81.0 cm³/mol. The molecule has 112 valence electrons. The molecule has 0 spiro atoms. The maximum absolute atomic E-state index is 5.15. The number of aromatic nitrogens is 3. The Kier molecular flexibility index (Phi) is 4.76. The number of anilines is 2. The minimum absolute atomic E-state index is 0.0349. The molecule has 7 nitrogen and oxygen atoms in total. The summed E-state index contributed by atoms with van der Waals surface area (Å²) < 4.78 is 10.2. The van der Waals surface area contributed by atoms with E-state index in [1.165, 1.54) is 7.11 Å². The lowest BCUT2D eigenvalue weighted by atomic mass is 10.1. The van der Waals surface area contributed by atoms with Crippen molar-refractivity contribution in [3.63, 3.8) is 0 Å². The summed E-state index contributed by atoms with van der Waals surface area (Å²) in [4.78, 5) is 12.5. The molecule has 1 unspecified atom stereocenters. The number of ether oxygens (including phenoxy) is 2. The van der Waals surface area contributed by atoms with Gasteiger partial charge in [0, 0.05) is 7.05 Å². The van der Waals surface area contributed by atoms with Crippen LogP contribution in [0.4, 0.5) is 11.9 Å². The number of hydrogen-bond acceptors (Lipinski definition) is 7. The zero-order valence-electron chi connectivity index (χ0n) is 12.5. The second-order valence-corrected chi connectivity index (χ2v) is 4.36. The Morgan fingerprint density at radius 3 is 2.19 bits per heavy atom. The van der Waals surface area contributed by atoms with Gasteiger partial charge in [0.05, 0.1) is 20.3 Å². The SMILES string of the molecule is CNc1nc(NC(C)c2ccc(OC)cc2)nc(OC)n1. The molecule has 0 fully saturated rings. The van der Waals surface area contributed by atoms with Crippen LogP contribution in [-0.2, 0) is 0 Å². The summed E-state index contributed by atoms with van der Waals surface area (Å²) in [6, 6.07) is 8.12. The van der Waals surface area contributed by atoms with Gasteiger partial charge < -0.3 is 20.1 Å². The van der Waals surface area contributed by atoms with Crippen LogP contribution in [-0.4, -0.2) is 36.2 Å². The number of nitrogens with zero attached hydrogens (tertiary/aromatic N) is 3. The Morgan fingerprint density at radius 1 is 0.952 bits per heavy atom. The van der Waals surface area contributed by atoms with Crippen molar-refractivity contribution in [1.29, 1.82) is 0 Å². The summed E-state index contributed by atoms with van der Waals surface area (Å²) in [5, 5.41) is 6.09. The molecular formula is C14H19N5O2. The van der Waals surface area contributed by atoms with E-state index in [4.69, 9.17) is 9.47 Å². The summed E-state index contributed by atoms with van der Waals surface area (Å²) in [6.07, 6.45) is 0. The van der Waals surface area contributed by atoms with E-state index in [9.17, 15) is 0 Å². The Bertz CT molecular complexity index is 566. The zero-order valence-corrected chi connectivity index (χ0v) is 12.5. The molecule has 0 aliphatic carbocycles. The molecule has 0 amide bonds. The monoisotopic (exact) mass is 289 g/mol. The maximum atomic E-state index is 5.15. The molecule has 21 heavy (non-hydrogen) atoms. The molecular weight excluding hydrogens is 270 g/mol. The number of rotatable bonds is 6. The lowest BCUT2D eigenvalue weighted by Crippen LogP contribution is -2.12. The fraction of sp³-hybridized carbons (Fsp3) is 0.357. The lowest BCUT2D eigenvalue weighted by molar-refractivity contribution is 0.379. The summed E-state index contributed by atoms with van der Waals surface area (Å²) >= 11 is 0. The van der Waals surface area contributed by atoms with E-state index < -0.39 is 0 Å². The van der Waals surface area contributed by atoms with E-state index in [0.29, 0.717) is 11.9 Å². The van der Waals surface area contributed by atoms with E-state index in [-0.39, 0.29) is 12.1 Å². The first-order chi connectivity index (χ1) is 10.2. The van der Waals surface area contributed by atoms with Crippen molar-refractivity contribution in [2.45, 2.75) is 13.0 Å². The van der Waals surface area contributed by atoms with Gasteiger partial charge in [-0.3, -0.25) is 0 Å². The van der Waals surface area contributed by atoms with Gasteiger partial charge in [0.25, 0.3) is 0 Å². The summed E-state index contributed by atoms with van der Waals surface area (Å²) in [7, 11) is 4.91. The van der Waals surface area contributed by atoms with Crippen molar-refractivity contribution in [3.05, 3.63) is 29.8 Å². The van der Waals surface area contributed by atoms with Crippen molar-refractivity contribution in [3.8, 4) is 11.8 Å². The summed E-state index contributed by atoms with van der Waals surface area (Å²) in [5.41, 5.74) is 1.10. The van der Waals surface area contributed by atoms with E-state index in [0.717, 1.165) is 11.3 Å². The Balaban J connectivity index is 2.15. The topological polar surface area (TPSA) is 81.2 Å². The Morgan fingerprint density at radius 2 is 1.62 bits per heavy atom. The van der Waals surface area contributed by atoms with Gasteiger partial charge in [-0.1, -0.05) is 12.1 Å². The first-order valence-electron chi connectivity index (χ1n) is 6.54. The lowest BCUT2D eigenvalue weighted by Gasteiger charge is -2.15. The third-order valence-corrected chi connectivity index (χ3v) is 2.98. The molecule has 1 aromatic carbocycles. The van der Waals surface area contributed by atoms with Crippen molar-refractivity contribution < 1.29 is 9.47 Å². The van der Waals surface area contributed by atoms with Crippen molar-refractivity contribution >= 4 is 11.9 Å². The molecule has 2 aromatic rings. The summed E-state index contributed by atoms with van der Waals surface area (Å²) in [5.74, 6) is 1.73. The molecule has 2 N–H and O–H groups in total. The van der Waals surface area contributed by atoms with Gasteiger partial charge in [-0.2, -0.15) is 15.0 Å². The van der Waals surface area contributed by atoms with E-state index >= 15 is 0 Å². The number of benzene rings is 1. The van der Waals surface area contributed by atoms with Gasteiger partial charge in [0.2, 0.25) is 11.9 Å². The molecule has 0 saturated carbocycles. The van der Waals surface area contributed by atoms with Crippen LogP contribution in [0.1, 0.15) is 18.5 Å². The minimum Gasteiger partial charge on any atom is -0.497 e. The Hall–Kier alpha value is -2.57. The zero-order chi connectivity index (χ0) is 15.2. The van der Waals surface area contributed by atoms with E-state index in [1.54, 1.807) is 14.2 Å². The van der Waals surface area contributed by atoms with E-state index in [1.807, 2.05) is 31.2 Å². The van der Waals surface area contributed by atoms with Gasteiger partial charge in [-0.15, -0.1) is 0 Å². The van der Waals surface area contributed by atoms with Gasteiger partial charge in [0.1, 0.15) is 5.75 Å². The quantitative estimate of drug-likeness (QED) is 0.842. The maximum Gasteiger partial charge on any atom is 0.322 e. The fourth-order valence-corrected chi connectivity index (χ4v) is 1.79. The van der Waals surface area contributed by atoms with Crippen LogP contribution in [0, 0.1) is 0 Å². The van der Waals surface area contributed by atoms with Crippen molar-refractivity contribution in [2.75, 3.05) is 31.9 Å². The van der Waals surface area contributed by atoms with Gasteiger partial charge >= 0.3 is 6.01 Å². The molecule has 1 atom stereocenters. The van der Waals surface area contributed by atoms with Crippen LogP contribution in [0.5, 0.6) is 11.8 Å². The van der Waals surface area contributed by atoms with Crippen LogP contribution in [0.2, 0.25) is 0 Å². The summed E-state index contributed by atoms with van der Waals surface area (Å²) in [6.45, 7) is 2.02. The molecule has 2 rings (SSSR count). The highest BCUT2D eigenvalue weighted by molar-refractivity contribution is 5.39. The van der Waals surface area contributed by atoms with Crippen molar-refractivity contribution in [2.24, 2.45) is 0 Å². The first kappa shape index (κ1) is 14.8. The van der Waals surface area contributed by atoms with Crippen LogP contribution >= 0.6 is 0 Å². The van der Waals surface area contributed by atoms with Gasteiger partial charge in [0.15, 0.2) is 0 Å². The van der Waals surface area contributed by atoms with Crippen LogP contribution < -0.4 is 20.1 Å². The number of hydrogen-bond donors (Lipinski definition) is 2. The van der Waals surface area contributed by atoms with Crippen molar-refractivity contribution in [1.82, 2.24) is 15.0 Å². The second kappa shape index (κ2) is 6.74. The molecule has 7 heteroatoms. The molecule has 0 saturated heterocycles. The minimum atomic E-state index is 0.0349. The highest BCUT2D eigenvalue weighted by Gasteiger charge is 2.10. The smallest absolute Gasteiger partial charge is 0.322 e. The molecule has 0 aliphatic heterocycles. The van der Waals surface area contributed by atoms with Gasteiger partial charge in [-0.25, -0.2) is 0 Å². The fourth-order valence-electron chi connectivity index (χ4n) is 1.79. The third-order valence-electron chi connectivity index (χ3n) is 2.98. The first-order valence-corrected chi connectivity index (χ1v) is 6.54. The average Bonchev–Trinajstić information content (AvgIpc) is 2.54.